The Kier molecular flexibility index (Phi) is 2.74. The molecule has 1 aliphatic heterocycles. The predicted octanol–water partition coefficient (Wildman–Crippen LogP) is -0.326. The van der Waals surface area contributed by atoms with Crippen LogP contribution in [0.15, 0.2) is 0 Å². The van der Waals surface area contributed by atoms with Crippen molar-refractivity contribution in [2.75, 3.05) is 26.2 Å². The highest BCUT2D eigenvalue weighted by atomic mass is 16.3. The minimum atomic E-state index is 0.142. The van der Waals surface area contributed by atoms with Crippen LogP contribution in [0.3, 0.4) is 0 Å². The molecule has 0 aromatic carbocycles. The van der Waals surface area contributed by atoms with E-state index in [1.807, 2.05) is 9.80 Å². The summed E-state index contributed by atoms with van der Waals surface area (Å²) >= 11 is 0. The van der Waals surface area contributed by atoms with E-state index in [1.54, 1.807) is 0 Å². The third kappa shape index (κ3) is 1.91. The molecule has 0 aromatic heterocycles. The monoisotopic (exact) mass is 198 g/mol. The lowest BCUT2D eigenvalue weighted by atomic mass is 10.2. The van der Waals surface area contributed by atoms with Crippen molar-refractivity contribution < 1.29 is 9.90 Å². The summed E-state index contributed by atoms with van der Waals surface area (Å²) in [7, 11) is 0. The van der Waals surface area contributed by atoms with Crippen LogP contribution in [0.25, 0.3) is 0 Å². The van der Waals surface area contributed by atoms with Crippen molar-refractivity contribution in [1.82, 2.24) is 9.80 Å². The Bertz CT molecular complexity index is 228. The van der Waals surface area contributed by atoms with Crippen molar-refractivity contribution >= 4 is 5.91 Å². The highest BCUT2D eigenvalue weighted by molar-refractivity contribution is 5.80. The first-order chi connectivity index (χ1) is 6.72. The van der Waals surface area contributed by atoms with E-state index >= 15 is 0 Å². The van der Waals surface area contributed by atoms with Crippen LogP contribution >= 0.6 is 0 Å². The lowest BCUT2D eigenvalue weighted by molar-refractivity contribution is -0.140. The van der Waals surface area contributed by atoms with Crippen LogP contribution in [0.2, 0.25) is 0 Å². The van der Waals surface area contributed by atoms with Gasteiger partial charge in [-0.25, -0.2) is 0 Å². The van der Waals surface area contributed by atoms with Crippen molar-refractivity contribution in [3.8, 4) is 0 Å². The third-order valence-corrected chi connectivity index (χ3v) is 3.00. The third-order valence-electron chi connectivity index (χ3n) is 3.00. The Labute approximate surface area is 84.5 Å². The fourth-order valence-corrected chi connectivity index (χ4v) is 2.27. The van der Waals surface area contributed by atoms with Gasteiger partial charge in [0.15, 0.2) is 0 Å². The Balaban J connectivity index is 1.95. The first-order valence-electron chi connectivity index (χ1n) is 5.36. The molecule has 1 heterocycles. The number of hydrogen-bond donors (Lipinski definition) is 1. The maximum atomic E-state index is 11.8. The van der Waals surface area contributed by atoms with Crippen LogP contribution in [-0.2, 0) is 4.79 Å². The average Bonchev–Trinajstić information content (AvgIpc) is 2.87. The molecule has 1 atom stereocenters. The molecule has 14 heavy (non-hydrogen) atoms. The van der Waals surface area contributed by atoms with Gasteiger partial charge in [0, 0.05) is 25.2 Å². The van der Waals surface area contributed by atoms with Crippen molar-refractivity contribution in [1.29, 1.82) is 0 Å². The Morgan fingerprint density at radius 2 is 2.21 bits per heavy atom. The minimum Gasteiger partial charge on any atom is -0.395 e. The normalized spacial score (nSPS) is 29.7. The second kappa shape index (κ2) is 3.87. The fraction of sp³-hybridized carbons (Fsp3) is 0.900. The van der Waals surface area contributed by atoms with E-state index in [2.05, 4.69) is 6.92 Å². The van der Waals surface area contributed by atoms with Crippen LogP contribution in [0.5, 0.6) is 0 Å². The van der Waals surface area contributed by atoms with Crippen molar-refractivity contribution in [3.05, 3.63) is 0 Å². The van der Waals surface area contributed by atoms with Crippen molar-refractivity contribution in [2.24, 2.45) is 0 Å². The van der Waals surface area contributed by atoms with E-state index < -0.39 is 0 Å². The van der Waals surface area contributed by atoms with Crippen molar-refractivity contribution in [2.45, 2.75) is 31.8 Å². The summed E-state index contributed by atoms with van der Waals surface area (Å²) in [6, 6.07) is 0.837. The maximum Gasteiger partial charge on any atom is 0.237 e. The Morgan fingerprint density at radius 1 is 1.50 bits per heavy atom. The summed E-state index contributed by atoms with van der Waals surface area (Å²) in [6.45, 7) is 4.25. The molecule has 1 unspecified atom stereocenters. The van der Waals surface area contributed by atoms with Crippen LogP contribution in [0, 0.1) is 0 Å². The Morgan fingerprint density at radius 3 is 2.71 bits per heavy atom. The van der Waals surface area contributed by atoms with Gasteiger partial charge in [-0.05, 0) is 19.8 Å². The summed E-state index contributed by atoms with van der Waals surface area (Å²) in [5.74, 6) is 0.236. The number of carbonyl (C=O) groups is 1. The lowest BCUT2D eigenvalue weighted by Crippen LogP contribution is -2.56. The van der Waals surface area contributed by atoms with E-state index in [0.717, 1.165) is 6.54 Å². The number of piperazine rings is 1. The first kappa shape index (κ1) is 9.93. The molecule has 4 heteroatoms. The zero-order valence-electron chi connectivity index (χ0n) is 8.65. The number of hydrogen-bond acceptors (Lipinski definition) is 3. The molecule has 0 radical (unpaired) electrons. The summed E-state index contributed by atoms with van der Waals surface area (Å²) in [4.78, 5) is 15.8. The van der Waals surface area contributed by atoms with Gasteiger partial charge in [-0.1, -0.05) is 0 Å². The molecule has 1 aliphatic carbocycles. The molecular formula is C10H18N2O2. The summed E-state index contributed by atoms with van der Waals surface area (Å²) in [6.07, 6.45) is 2.35. The molecule has 2 rings (SSSR count). The van der Waals surface area contributed by atoms with Gasteiger partial charge in [-0.15, -0.1) is 0 Å². The smallest absolute Gasteiger partial charge is 0.237 e. The molecule has 0 aromatic rings. The number of amides is 1. The predicted molar refractivity (Wildman–Crippen MR) is 52.9 cm³/mol. The molecule has 2 fully saturated rings. The van der Waals surface area contributed by atoms with Gasteiger partial charge in [-0.3, -0.25) is 9.69 Å². The first-order valence-corrected chi connectivity index (χ1v) is 5.36. The number of rotatable bonds is 3. The number of carbonyl (C=O) groups excluding carboxylic acids is 1. The second-order valence-corrected chi connectivity index (χ2v) is 4.34. The summed E-state index contributed by atoms with van der Waals surface area (Å²) < 4.78 is 0. The molecular weight excluding hydrogens is 180 g/mol. The number of aliphatic hydroxyl groups excluding tert-OH is 1. The van der Waals surface area contributed by atoms with Gasteiger partial charge in [0.2, 0.25) is 5.91 Å². The zero-order valence-corrected chi connectivity index (χ0v) is 8.65. The Hall–Kier alpha value is -0.610. The van der Waals surface area contributed by atoms with Crippen LogP contribution in [0.4, 0.5) is 0 Å². The molecule has 80 valence electrons. The molecule has 0 spiro atoms. The standard InChI is InChI=1S/C10H18N2O2/c1-8-6-11(4-5-13)7-10(14)12(8)9-2-3-9/h8-9,13H,2-7H2,1H3. The highest BCUT2D eigenvalue weighted by Crippen LogP contribution is 2.30. The van der Waals surface area contributed by atoms with E-state index in [-0.39, 0.29) is 12.5 Å². The molecule has 1 saturated heterocycles. The van der Waals surface area contributed by atoms with E-state index in [1.165, 1.54) is 12.8 Å². The fourth-order valence-electron chi connectivity index (χ4n) is 2.27. The van der Waals surface area contributed by atoms with Gasteiger partial charge in [0.05, 0.1) is 13.2 Å². The number of nitrogens with zero attached hydrogens (tertiary/aromatic N) is 2. The molecule has 4 nitrogen and oxygen atoms in total. The SMILES string of the molecule is CC1CN(CCO)CC(=O)N1C1CC1. The van der Waals surface area contributed by atoms with Gasteiger partial charge in [-0.2, -0.15) is 0 Å². The molecule has 2 aliphatic rings. The average molecular weight is 198 g/mol. The van der Waals surface area contributed by atoms with Gasteiger partial charge in [0.25, 0.3) is 0 Å². The van der Waals surface area contributed by atoms with Crippen LogP contribution < -0.4 is 0 Å². The second-order valence-electron chi connectivity index (χ2n) is 4.34. The van der Waals surface area contributed by atoms with Gasteiger partial charge >= 0.3 is 0 Å². The summed E-state index contributed by atoms with van der Waals surface area (Å²) in [5.41, 5.74) is 0. The van der Waals surface area contributed by atoms with Crippen LogP contribution in [0.1, 0.15) is 19.8 Å². The van der Waals surface area contributed by atoms with E-state index in [0.29, 0.717) is 25.2 Å². The van der Waals surface area contributed by atoms with Crippen molar-refractivity contribution in [3.63, 3.8) is 0 Å². The van der Waals surface area contributed by atoms with E-state index in [4.69, 9.17) is 5.11 Å². The quantitative estimate of drug-likeness (QED) is 0.675. The van der Waals surface area contributed by atoms with Gasteiger partial charge in [0.1, 0.15) is 0 Å². The minimum absolute atomic E-state index is 0.142. The summed E-state index contributed by atoms with van der Waals surface area (Å²) in [5, 5.41) is 8.81. The topological polar surface area (TPSA) is 43.8 Å². The van der Waals surface area contributed by atoms with Gasteiger partial charge < -0.3 is 10.0 Å². The van der Waals surface area contributed by atoms with E-state index in [9.17, 15) is 4.79 Å². The van der Waals surface area contributed by atoms with Crippen LogP contribution in [-0.4, -0.2) is 59.1 Å². The highest BCUT2D eigenvalue weighted by Gasteiger charge is 2.39. The number of aliphatic hydroxyl groups is 1. The lowest BCUT2D eigenvalue weighted by Gasteiger charge is -2.39. The largest absolute Gasteiger partial charge is 0.395 e. The maximum absolute atomic E-state index is 11.8. The molecule has 1 N–H and O–H groups in total. The number of β-amino-alcohol motifs (C(OH)–C–C–N with tert-alkyl or cyclic N) is 1. The molecule has 1 saturated carbocycles. The zero-order chi connectivity index (χ0) is 10.1. The molecule has 0 bridgehead atoms. The molecule has 1 amide bonds.